The van der Waals surface area contributed by atoms with Crippen molar-refractivity contribution >= 4 is 5.91 Å². The van der Waals surface area contributed by atoms with Gasteiger partial charge in [0.15, 0.2) is 0 Å². The first-order chi connectivity index (χ1) is 13.7. The zero-order valence-corrected chi connectivity index (χ0v) is 16.8. The Morgan fingerprint density at radius 2 is 1.93 bits per heavy atom. The number of benzene rings is 1. The molecule has 2 fully saturated rings. The lowest BCUT2D eigenvalue weighted by molar-refractivity contribution is 0.0655. The Bertz CT molecular complexity index is 765. The highest BCUT2D eigenvalue weighted by Crippen LogP contribution is 2.27. The van der Waals surface area contributed by atoms with Crippen molar-refractivity contribution in [2.75, 3.05) is 32.7 Å². The highest BCUT2D eigenvalue weighted by molar-refractivity contribution is 5.91. The first kappa shape index (κ1) is 19.2. The summed E-state index contributed by atoms with van der Waals surface area (Å²) in [6.07, 6.45) is 5.50. The SMILES string of the molecule is CC1CCN(C(=O)c2cc([C@H]3CCCN(CCc4ccccc4)C3)no2)CC1. The number of nitrogens with zero attached hydrogens (tertiary/aromatic N) is 3. The van der Waals surface area contributed by atoms with Gasteiger partial charge in [0.25, 0.3) is 5.91 Å². The van der Waals surface area contributed by atoms with Crippen molar-refractivity contribution in [3.05, 3.63) is 53.4 Å². The standard InChI is InChI=1S/C23H31N3O2/c1-18-9-14-26(15-10-18)23(27)22-16-21(24-28-22)20-8-5-12-25(17-20)13-11-19-6-3-2-4-7-19/h2-4,6-7,16,18,20H,5,8-15,17H2,1H3/t20-/m0/s1. The van der Waals surface area contributed by atoms with Gasteiger partial charge in [0, 0.05) is 38.2 Å². The quantitative estimate of drug-likeness (QED) is 0.786. The van der Waals surface area contributed by atoms with E-state index in [1.807, 2.05) is 11.0 Å². The number of hydrogen-bond acceptors (Lipinski definition) is 4. The third kappa shape index (κ3) is 4.64. The molecule has 1 atom stereocenters. The maximum absolute atomic E-state index is 12.7. The van der Waals surface area contributed by atoms with Crippen molar-refractivity contribution in [3.63, 3.8) is 0 Å². The summed E-state index contributed by atoms with van der Waals surface area (Å²) in [7, 11) is 0. The number of aromatic nitrogens is 1. The lowest BCUT2D eigenvalue weighted by Gasteiger charge is -2.31. The average molecular weight is 382 g/mol. The molecule has 1 aromatic heterocycles. The molecule has 5 nitrogen and oxygen atoms in total. The lowest BCUT2D eigenvalue weighted by Crippen LogP contribution is -2.37. The maximum Gasteiger partial charge on any atom is 0.292 e. The summed E-state index contributed by atoms with van der Waals surface area (Å²) in [5, 5.41) is 4.27. The van der Waals surface area contributed by atoms with E-state index >= 15 is 0 Å². The summed E-state index contributed by atoms with van der Waals surface area (Å²) in [4.78, 5) is 17.1. The molecular formula is C23H31N3O2. The topological polar surface area (TPSA) is 49.6 Å². The molecule has 2 saturated heterocycles. The van der Waals surface area contributed by atoms with Gasteiger partial charge in [0.05, 0.1) is 5.69 Å². The van der Waals surface area contributed by atoms with Gasteiger partial charge in [-0.25, -0.2) is 0 Å². The molecule has 0 radical (unpaired) electrons. The van der Waals surface area contributed by atoms with E-state index in [2.05, 4.69) is 47.3 Å². The van der Waals surface area contributed by atoms with Gasteiger partial charge in [-0.3, -0.25) is 4.79 Å². The normalized spacial score (nSPS) is 21.8. The molecule has 5 heteroatoms. The minimum atomic E-state index is 0.00222. The minimum absolute atomic E-state index is 0.00222. The molecule has 0 saturated carbocycles. The predicted molar refractivity (Wildman–Crippen MR) is 109 cm³/mol. The highest BCUT2D eigenvalue weighted by Gasteiger charge is 2.28. The molecule has 2 aliphatic heterocycles. The van der Waals surface area contributed by atoms with Crippen LogP contribution >= 0.6 is 0 Å². The van der Waals surface area contributed by atoms with Crippen molar-refractivity contribution in [2.45, 2.75) is 44.9 Å². The number of carbonyl (C=O) groups excluding carboxylic acids is 1. The van der Waals surface area contributed by atoms with Gasteiger partial charge >= 0.3 is 0 Å². The van der Waals surface area contributed by atoms with E-state index in [1.54, 1.807) is 0 Å². The molecule has 0 bridgehead atoms. The second-order valence-corrected chi connectivity index (χ2v) is 8.47. The van der Waals surface area contributed by atoms with Gasteiger partial charge in [-0.15, -0.1) is 0 Å². The average Bonchev–Trinajstić information content (AvgIpc) is 3.24. The fourth-order valence-electron chi connectivity index (χ4n) is 4.38. The van der Waals surface area contributed by atoms with Crippen molar-refractivity contribution in [2.24, 2.45) is 5.92 Å². The molecular weight excluding hydrogens is 350 g/mol. The third-order valence-corrected chi connectivity index (χ3v) is 6.29. The summed E-state index contributed by atoms with van der Waals surface area (Å²) in [5.74, 6) is 1.48. The first-order valence-corrected chi connectivity index (χ1v) is 10.7. The van der Waals surface area contributed by atoms with Crippen LogP contribution in [0.3, 0.4) is 0 Å². The van der Waals surface area contributed by atoms with E-state index in [0.717, 1.165) is 64.1 Å². The Kier molecular flexibility index (Phi) is 6.10. The molecule has 1 aromatic carbocycles. The number of hydrogen-bond donors (Lipinski definition) is 0. The second kappa shape index (κ2) is 8.91. The largest absolute Gasteiger partial charge is 0.351 e. The Morgan fingerprint density at radius 1 is 1.14 bits per heavy atom. The minimum Gasteiger partial charge on any atom is -0.351 e. The van der Waals surface area contributed by atoms with Crippen molar-refractivity contribution in [1.82, 2.24) is 15.0 Å². The summed E-state index contributed by atoms with van der Waals surface area (Å²) in [6, 6.07) is 12.5. The van der Waals surface area contributed by atoms with Gasteiger partial charge < -0.3 is 14.3 Å². The molecule has 3 heterocycles. The lowest BCUT2D eigenvalue weighted by atomic mass is 9.94. The Labute approximate surface area is 167 Å². The van der Waals surface area contributed by atoms with Crippen LogP contribution in [0.4, 0.5) is 0 Å². The van der Waals surface area contributed by atoms with E-state index in [-0.39, 0.29) is 5.91 Å². The van der Waals surface area contributed by atoms with Crippen molar-refractivity contribution in [1.29, 1.82) is 0 Å². The Hall–Kier alpha value is -2.14. The van der Waals surface area contributed by atoms with Crippen LogP contribution in [0.15, 0.2) is 40.9 Å². The number of rotatable bonds is 5. The molecule has 2 aliphatic rings. The molecule has 0 aliphatic carbocycles. The van der Waals surface area contributed by atoms with Crippen molar-refractivity contribution < 1.29 is 9.32 Å². The Morgan fingerprint density at radius 3 is 2.71 bits per heavy atom. The van der Waals surface area contributed by atoms with Crippen molar-refractivity contribution in [3.8, 4) is 0 Å². The first-order valence-electron chi connectivity index (χ1n) is 10.7. The van der Waals surface area contributed by atoms with Crippen LogP contribution in [-0.4, -0.2) is 53.6 Å². The smallest absolute Gasteiger partial charge is 0.292 e. The molecule has 0 unspecified atom stereocenters. The van der Waals surface area contributed by atoms with Crippen LogP contribution in [0.5, 0.6) is 0 Å². The summed E-state index contributed by atoms with van der Waals surface area (Å²) in [5.41, 5.74) is 2.33. The zero-order valence-electron chi connectivity index (χ0n) is 16.8. The molecule has 2 aromatic rings. The van der Waals surface area contributed by atoms with Gasteiger partial charge in [-0.2, -0.15) is 0 Å². The molecule has 0 N–H and O–H groups in total. The Balaban J connectivity index is 1.33. The van der Waals surface area contributed by atoms with Crippen LogP contribution in [0.2, 0.25) is 0 Å². The van der Waals surface area contributed by atoms with Crippen LogP contribution in [-0.2, 0) is 6.42 Å². The summed E-state index contributed by atoms with van der Waals surface area (Å²) < 4.78 is 5.46. The second-order valence-electron chi connectivity index (χ2n) is 8.47. The fourth-order valence-corrected chi connectivity index (χ4v) is 4.38. The van der Waals surface area contributed by atoms with E-state index in [0.29, 0.717) is 17.6 Å². The van der Waals surface area contributed by atoms with E-state index in [1.165, 1.54) is 12.0 Å². The van der Waals surface area contributed by atoms with E-state index in [9.17, 15) is 4.79 Å². The summed E-state index contributed by atoms with van der Waals surface area (Å²) >= 11 is 0. The van der Waals surface area contributed by atoms with Gasteiger partial charge in [0.2, 0.25) is 5.76 Å². The number of amides is 1. The molecule has 28 heavy (non-hydrogen) atoms. The van der Waals surface area contributed by atoms with E-state index < -0.39 is 0 Å². The molecule has 4 rings (SSSR count). The highest BCUT2D eigenvalue weighted by atomic mass is 16.5. The third-order valence-electron chi connectivity index (χ3n) is 6.29. The fraction of sp³-hybridized carbons (Fsp3) is 0.565. The molecule has 0 spiro atoms. The predicted octanol–water partition coefficient (Wildman–Crippen LogP) is 3.97. The van der Waals surface area contributed by atoms with Gasteiger partial charge in [-0.05, 0) is 50.1 Å². The molecule has 1 amide bonds. The molecule has 150 valence electrons. The van der Waals surface area contributed by atoms with Crippen LogP contribution in [0.25, 0.3) is 0 Å². The van der Waals surface area contributed by atoms with Crippen LogP contribution < -0.4 is 0 Å². The number of piperidine rings is 2. The number of carbonyl (C=O) groups is 1. The summed E-state index contributed by atoms with van der Waals surface area (Å²) in [6.45, 7) is 7.10. The van der Waals surface area contributed by atoms with Gasteiger partial charge in [0.1, 0.15) is 0 Å². The monoisotopic (exact) mass is 381 g/mol. The zero-order chi connectivity index (χ0) is 19.3. The number of likely N-dealkylation sites (tertiary alicyclic amines) is 2. The van der Waals surface area contributed by atoms with Crippen LogP contribution in [0, 0.1) is 5.92 Å². The maximum atomic E-state index is 12.7. The van der Waals surface area contributed by atoms with Gasteiger partial charge in [-0.1, -0.05) is 42.4 Å². The van der Waals surface area contributed by atoms with E-state index in [4.69, 9.17) is 4.52 Å². The van der Waals surface area contributed by atoms with Crippen LogP contribution in [0.1, 0.15) is 60.3 Å².